The lowest BCUT2D eigenvalue weighted by Crippen LogP contribution is -2.15. The number of anilines is 1. The molecular weight excluding hydrogens is 293 g/mol. The predicted octanol–water partition coefficient (Wildman–Crippen LogP) is 2.44. The Kier molecular flexibility index (Phi) is 4.88. The van der Waals surface area contributed by atoms with Crippen molar-refractivity contribution in [2.24, 2.45) is 5.73 Å². The van der Waals surface area contributed by atoms with E-state index in [-0.39, 0.29) is 22.8 Å². The Bertz CT molecular complexity index is 737. The zero-order chi connectivity index (χ0) is 15.2. The molecule has 1 aromatic carbocycles. The first-order valence-corrected chi connectivity index (χ1v) is 6.39. The molecule has 0 aliphatic rings. The second kappa shape index (κ2) is 6.84. The molecule has 1 heterocycles. The number of nitrogens with one attached hydrogen (secondary N) is 1. The number of hydrogen-bond acceptors (Lipinski definition) is 3. The topological polar surface area (TPSA) is 68.0 Å². The third-order valence-electron chi connectivity index (χ3n) is 2.59. The summed E-state index contributed by atoms with van der Waals surface area (Å²) in [5.74, 6) is 4.21. The van der Waals surface area contributed by atoms with Crippen molar-refractivity contribution in [1.82, 2.24) is 4.98 Å². The molecule has 106 valence electrons. The van der Waals surface area contributed by atoms with Crippen LogP contribution < -0.4 is 11.1 Å². The molecule has 1 aromatic heterocycles. The lowest BCUT2D eigenvalue weighted by Gasteiger charge is -2.08. The molecule has 21 heavy (non-hydrogen) atoms. The van der Waals surface area contributed by atoms with Gasteiger partial charge in [-0.2, -0.15) is 0 Å². The third-order valence-corrected chi connectivity index (χ3v) is 2.88. The van der Waals surface area contributed by atoms with E-state index in [4.69, 9.17) is 17.3 Å². The van der Waals surface area contributed by atoms with E-state index in [0.29, 0.717) is 5.56 Å². The number of carbonyl (C=O) groups excluding carboxylic acids is 1. The lowest BCUT2D eigenvalue weighted by molar-refractivity contribution is 0.102. The quantitative estimate of drug-likeness (QED) is 0.837. The molecule has 0 saturated heterocycles. The maximum Gasteiger partial charge on any atom is 0.257 e. The van der Waals surface area contributed by atoms with Gasteiger partial charge in [-0.1, -0.05) is 29.5 Å². The summed E-state index contributed by atoms with van der Waals surface area (Å²) in [5.41, 5.74) is 6.01. The predicted molar refractivity (Wildman–Crippen MR) is 79.5 cm³/mol. The number of pyridine rings is 1. The average molecular weight is 304 g/mol. The van der Waals surface area contributed by atoms with Crippen LogP contribution in [0.25, 0.3) is 0 Å². The van der Waals surface area contributed by atoms with Gasteiger partial charge in [0.15, 0.2) is 5.82 Å². The fourth-order valence-electron chi connectivity index (χ4n) is 1.63. The number of amides is 1. The number of nitrogens with zero attached hydrogens (tertiary/aromatic N) is 1. The Morgan fingerprint density at radius 1 is 1.43 bits per heavy atom. The highest BCUT2D eigenvalue weighted by molar-refractivity contribution is 6.31. The van der Waals surface area contributed by atoms with Gasteiger partial charge in [0, 0.05) is 12.4 Å². The Balaban J connectivity index is 2.31. The largest absolute Gasteiger partial charge is 0.320 e. The van der Waals surface area contributed by atoms with Crippen molar-refractivity contribution < 1.29 is 9.18 Å². The smallest absolute Gasteiger partial charge is 0.257 e. The molecule has 6 heteroatoms. The molecule has 0 radical (unpaired) electrons. The molecule has 3 N–H and O–H groups in total. The van der Waals surface area contributed by atoms with Crippen LogP contribution in [0.5, 0.6) is 0 Å². The number of halogens is 2. The van der Waals surface area contributed by atoms with Crippen molar-refractivity contribution in [3.8, 4) is 11.8 Å². The summed E-state index contributed by atoms with van der Waals surface area (Å²) in [6, 6.07) is 5.86. The van der Waals surface area contributed by atoms with Gasteiger partial charge >= 0.3 is 0 Å². The SMILES string of the molecule is NCC#Cc1cnccc1C(=O)Nc1cccc(Cl)c1F. The van der Waals surface area contributed by atoms with Crippen LogP contribution >= 0.6 is 11.6 Å². The van der Waals surface area contributed by atoms with Crippen molar-refractivity contribution in [2.75, 3.05) is 11.9 Å². The highest BCUT2D eigenvalue weighted by Gasteiger charge is 2.13. The molecule has 4 nitrogen and oxygen atoms in total. The van der Waals surface area contributed by atoms with Crippen LogP contribution in [0.1, 0.15) is 15.9 Å². The molecule has 2 rings (SSSR count). The van der Waals surface area contributed by atoms with E-state index < -0.39 is 11.7 Å². The van der Waals surface area contributed by atoms with Crippen LogP contribution in [0.2, 0.25) is 5.02 Å². The van der Waals surface area contributed by atoms with Gasteiger partial charge in [0.05, 0.1) is 28.4 Å². The van der Waals surface area contributed by atoms with Crippen molar-refractivity contribution >= 4 is 23.2 Å². The van der Waals surface area contributed by atoms with Gasteiger partial charge in [0.1, 0.15) is 0 Å². The first-order chi connectivity index (χ1) is 10.1. The van der Waals surface area contributed by atoms with E-state index in [0.717, 1.165) is 0 Å². The standard InChI is InChI=1S/C15H11ClFN3O/c16-12-4-1-5-13(14(12)17)20-15(21)11-6-8-19-9-10(11)3-2-7-18/h1,4-6,8-9H,7,18H2,(H,20,21). The Morgan fingerprint density at radius 3 is 3.00 bits per heavy atom. The monoisotopic (exact) mass is 303 g/mol. The molecule has 0 aliphatic heterocycles. The Morgan fingerprint density at radius 2 is 2.24 bits per heavy atom. The van der Waals surface area contributed by atoms with Gasteiger partial charge < -0.3 is 11.1 Å². The van der Waals surface area contributed by atoms with Gasteiger partial charge in [-0.05, 0) is 18.2 Å². The van der Waals surface area contributed by atoms with E-state index in [2.05, 4.69) is 22.1 Å². The van der Waals surface area contributed by atoms with Gasteiger partial charge in [0.2, 0.25) is 0 Å². The van der Waals surface area contributed by atoms with Gasteiger partial charge in [-0.15, -0.1) is 0 Å². The number of nitrogens with two attached hydrogens (primary N) is 1. The number of rotatable bonds is 2. The second-order valence-corrected chi connectivity index (χ2v) is 4.39. The molecule has 0 bridgehead atoms. The lowest BCUT2D eigenvalue weighted by atomic mass is 10.1. The number of carbonyl (C=O) groups is 1. The van der Waals surface area contributed by atoms with Crippen molar-refractivity contribution in [2.45, 2.75) is 0 Å². The maximum absolute atomic E-state index is 13.8. The Labute approximate surface area is 126 Å². The molecule has 0 atom stereocenters. The first kappa shape index (κ1) is 15.0. The van der Waals surface area contributed by atoms with Crippen molar-refractivity contribution in [3.63, 3.8) is 0 Å². The summed E-state index contributed by atoms with van der Waals surface area (Å²) in [6.45, 7) is 0.166. The van der Waals surface area contributed by atoms with Crippen LogP contribution in [0, 0.1) is 17.7 Å². The first-order valence-electron chi connectivity index (χ1n) is 6.01. The molecule has 2 aromatic rings. The summed E-state index contributed by atoms with van der Waals surface area (Å²) < 4.78 is 13.8. The highest BCUT2D eigenvalue weighted by Crippen LogP contribution is 2.22. The van der Waals surface area contributed by atoms with Crippen LogP contribution in [0.15, 0.2) is 36.7 Å². The van der Waals surface area contributed by atoms with Crippen LogP contribution in [0.4, 0.5) is 10.1 Å². The summed E-state index contributed by atoms with van der Waals surface area (Å²) >= 11 is 5.67. The fraction of sp³-hybridized carbons (Fsp3) is 0.0667. The maximum atomic E-state index is 13.8. The molecule has 1 amide bonds. The van der Waals surface area contributed by atoms with E-state index in [9.17, 15) is 9.18 Å². The molecule has 0 fully saturated rings. The minimum absolute atomic E-state index is 0.00189. The molecular formula is C15H11ClFN3O. The van der Waals surface area contributed by atoms with Crippen LogP contribution in [-0.4, -0.2) is 17.4 Å². The zero-order valence-electron chi connectivity index (χ0n) is 10.9. The molecule has 0 spiro atoms. The van der Waals surface area contributed by atoms with Crippen molar-refractivity contribution in [1.29, 1.82) is 0 Å². The number of benzene rings is 1. The summed E-state index contributed by atoms with van der Waals surface area (Å²) in [6.07, 6.45) is 2.91. The summed E-state index contributed by atoms with van der Waals surface area (Å²) in [5, 5.41) is 2.39. The van der Waals surface area contributed by atoms with E-state index >= 15 is 0 Å². The van der Waals surface area contributed by atoms with Gasteiger partial charge in [-0.25, -0.2) is 4.39 Å². The summed E-state index contributed by atoms with van der Waals surface area (Å²) in [4.78, 5) is 16.1. The van der Waals surface area contributed by atoms with Crippen LogP contribution in [-0.2, 0) is 0 Å². The van der Waals surface area contributed by atoms with Gasteiger partial charge in [0.25, 0.3) is 5.91 Å². The molecule has 0 unspecified atom stereocenters. The van der Waals surface area contributed by atoms with Crippen LogP contribution in [0.3, 0.4) is 0 Å². The van der Waals surface area contributed by atoms with E-state index in [1.165, 1.54) is 30.6 Å². The molecule has 0 saturated carbocycles. The number of aromatic nitrogens is 1. The normalized spacial score (nSPS) is 9.67. The van der Waals surface area contributed by atoms with Crippen molar-refractivity contribution in [3.05, 3.63) is 58.6 Å². The summed E-state index contributed by atoms with van der Waals surface area (Å²) in [7, 11) is 0. The van der Waals surface area contributed by atoms with E-state index in [1.54, 1.807) is 6.07 Å². The third kappa shape index (κ3) is 3.57. The minimum Gasteiger partial charge on any atom is -0.320 e. The van der Waals surface area contributed by atoms with E-state index in [1.807, 2.05) is 0 Å². The average Bonchev–Trinajstić information content (AvgIpc) is 2.50. The highest BCUT2D eigenvalue weighted by atomic mass is 35.5. The second-order valence-electron chi connectivity index (χ2n) is 3.98. The molecule has 0 aliphatic carbocycles. The van der Waals surface area contributed by atoms with Gasteiger partial charge in [-0.3, -0.25) is 9.78 Å². The minimum atomic E-state index is -0.684. The zero-order valence-corrected chi connectivity index (χ0v) is 11.6. The fourth-order valence-corrected chi connectivity index (χ4v) is 1.80. The Hall–Kier alpha value is -2.42. The number of hydrogen-bond donors (Lipinski definition) is 2.